The molecule has 0 radical (unpaired) electrons. The summed E-state index contributed by atoms with van der Waals surface area (Å²) < 4.78 is 0. The lowest BCUT2D eigenvalue weighted by atomic mass is 10.2. The molecule has 1 aromatic carbocycles. The van der Waals surface area contributed by atoms with Gasteiger partial charge in [0.15, 0.2) is 0 Å². The maximum atomic E-state index is 11.1. The first-order valence-corrected chi connectivity index (χ1v) is 6.02. The molecular weight excluding hydrogens is 258 g/mol. The zero-order valence-electron chi connectivity index (χ0n) is 11.0. The molecule has 2 rings (SSSR count). The molecule has 0 aliphatic carbocycles. The largest absolute Gasteiger partial charge is 0.374 e. The lowest BCUT2D eigenvalue weighted by Gasteiger charge is -2.09. The first kappa shape index (κ1) is 13.8. The van der Waals surface area contributed by atoms with Gasteiger partial charge in [0.1, 0.15) is 11.4 Å². The van der Waals surface area contributed by atoms with E-state index in [0.717, 1.165) is 11.4 Å². The number of para-hydroxylation sites is 1. The van der Waals surface area contributed by atoms with Crippen LogP contribution < -0.4 is 16.6 Å². The van der Waals surface area contributed by atoms with Crippen molar-refractivity contribution in [2.45, 2.75) is 13.5 Å². The van der Waals surface area contributed by atoms with Crippen LogP contribution in [0, 0.1) is 17.0 Å². The molecule has 2 aromatic rings. The standard InChI is InChI=1S/C13H15N5O2/c1-9-4-2-5-10(16-9)8-15-11-6-3-7-12(17-14)13(11)18(19)20/h2-7,15,17H,8,14H2,1H3. The second kappa shape index (κ2) is 5.98. The SMILES string of the molecule is Cc1cccc(CNc2cccc(NN)c2[N+](=O)[O-])n1. The lowest BCUT2D eigenvalue weighted by Crippen LogP contribution is -2.11. The molecule has 0 saturated carbocycles. The number of nitrogens with two attached hydrogens (primary N) is 1. The maximum absolute atomic E-state index is 11.1. The predicted molar refractivity (Wildman–Crippen MR) is 77.2 cm³/mol. The molecule has 0 spiro atoms. The second-order valence-electron chi connectivity index (χ2n) is 4.23. The van der Waals surface area contributed by atoms with Crippen LogP contribution in [0.1, 0.15) is 11.4 Å². The van der Waals surface area contributed by atoms with Gasteiger partial charge in [-0.2, -0.15) is 0 Å². The number of hydrogen-bond acceptors (Lipinski definition) is 6. The number of anilines is 2. The highest BCUT2D eigenvalue weighted by Crippen LogP contribution is 2.32. The van der Waals surface area contributed by atoms with Crippen molar-refractivity contribution in [3.05, 3.63) is 57.9 Å². The van der Waals surface area contributed by atoms with Crippen LogP contribution in [-0.2, 0) is 6.54 Å². The smallest absolute Gasteiger partial charge is 0.316 e. The van der Waals surface area contributed by atoms with Crippen molar-refractivity contribution in [2.24, 2.45) is 5.84 Å². The molecule has 0 aliphatic heterocycles. The summed E-state index contributed by atoms with van der Waals surface area (Å²) in [6.07, 6.45) is 0. The number of pyridine rings is 1. The fraction of sp³-hybridized carbons (Fsp3) is 0.154. The van der Waals surface area contributed by atoms with E-state index < -0.39 is 4.92 Å². The third kappa shape index (κ3) is 3.01. The highest BCUT2D eigenvalue weighted by molar-refractivity contribution is 5.75. The molecular formula is C13H15N5O2. The van der Waals surface area contributed by atoms with Gasteiger partial charge < -0.3 is 10.7 Å². The molecule has 7 nitrogen and oxygen atoms in total. The van der Waals surface area contributed by atoms with Crippen molar-refractivity contribution in [1.82, 2.24) is 4.98 Å². The molecule has 0 bridgehead atoms. The maximum Gasteiger partial charge on any atom is 0.316 e. The third-order valence-electron chi connectivity index (χ3n) is 2.78. The van der Waals surface area contributed by atoms with Crippen LogP contribution in [0.15, 0.2) is 36.4 Å². The van der Waals surface area contributed by atoms with Crippen molar-refractivity contribution in [1.29, 1.82) is 0 Å². The summed E-state index contributed by atoms with van der Waals surface area (Å²) in [4.78, 5) is 15.0. The summed E-state index contributed by atoms with van der Waals surface area (Å²) in [6.45, 7) is 2.29. The predicted octanol–water partition coefficient (Wildman–Crippen LogP) is 2.20. The molecule has 0 aliphatic rings. The lowest BCUT2D eigenvalue weighted by molar-refractivity contribution is -0.383. The van der Waals surface area contributed by atoms with Gasteiger partial charge in [-0.3, -0.25) is 20.9 Å². The highest BCUT2D eigenvalue weighted by Gasteiger charge is 2.18. The average molecular weight is 273 g/mol. The number of aromatic nitrogens is 1. The van der Waals surface area contributed by atoms with Gasteiger partial charge >= 0.3 is 5.69 Å². The van der Waals surface area contributed by atoms with E-state index in [9.17, 15) is 10.1 Å². The van der Waals surface area contributed by atoms with Gasteiger partial charge in [0.25, 0.3) is 0 Å². The van der Waals surface area contributed by atoms with E-state index in [1.54, 1.807) is 18.2 Å². The molecule has 0 atom stereocenters. The summed E-state index contributed by atoms with van der Waals surface area (Å²) in [5, 5.41) is 14.1. The highest BCUT2D eigenvalue weighted by atomic mass is 16.6. The number of hydrazine groups is 1. The average Bonchev–Trinajstić information content (AvgIpc) is 2.44. The van der Waals surface area contributed by atoms with Gasteiger partial charge in [0.2, 0.25) is 0 Å². The van der Waals surface area contributed by atoms with Gasteiger partial charge in [0, 0.05) is 5.69 Å². The van der Waals surface area contributed by atoms with Crippen LogP contribution in [0.4, 0.5) is 17.1 Å². The van der Waals surface area contributed by atoms with Gasteiger partial charge in [-0.1, -0.05) is 12.1 Å². The van der Waals surface area contributed by atoms with Gasteiger partial charge in [-0.05, 0) is 31.2 Å². The van der Waals surface area contributed by atoms with Crippen molar-refractivity contribution < 1.29 is 4.92 Å². The van der Waals surface area contributed by atoms with E-state index in [1.165, 1.54) is 0 Å². The molecule has 1 aromatic heterocycles. The minimum atomic E-state index is -0.471. The zero-order valence-corrected chi connectivity index (χ0v) is 11.0. The fourth-order valence-corrected chi connectivity index (χ4v) is 1.88. The third-order valence-corrected chi connectivity index (χ3v) is 2.78. The summed E-state index contributed by atoms with van der Waals surface area (Å²) in [6, 6.07) is 10.5. The number of nitro benzene ring substituents is 1. The number of nitrogen functional groups attached to an aromatic ring is 1. The first-order valence-electron chi connectivity index (χ1n) is 6.02. The summed E-state index contributed by atoms with van der Waals surface area (Å²) in [7, 11) is 0. The monoisotopic (exact) mass is 273 g/mol. The molecule has 7 heteroatoms. The van der Waals surface area contributed by atoms with E-state index in [2.05, 4.69) is 15.7 Å². The first-order chi connectivity index (χ1) is 9.61. The molecule has 0 fully saturated rings. The minimum Gasteiger partial charge on any atom is -0.374 e. The Bertz CT molecular complexity index is 630. The van der Waals surface area contributed by atoms with E-state index in [4.69, 9.17) is 5.84 Å². The van der Waals surface area contributed by atoms with E-state index in [0.29, 0.717) is 12.2 Å². The Morgan fingerprint density at radius 3 is 2.60 bits per heavy atom. The molecule has 20 heavy (non-hydrogen) atoms. The molecule has 104 valence electrons. The number of nitrogens with zero attached hydrogens (tertiary/aromatic N) is 2. The van der Waals surface area contributed by atoms with Crippen LogP contribution in [0.2, 0.25) is 0 Å². The zero-order chi connectivity index (χ0) is 14.5. The van der Waals surface area contributed by atoms with Gasteiger partial charge in [-0.15, -0.1) is 0 Å². The topological polar surface area (TPSA) is 106 Å². The Morgan fingerprint density at radius 2 is 1.95 bits per heavy atom. The molecule has 0 unspecified atom stereocenters. The molecule has 0 amide bonds. The van der Waals surface area contributed by atoms with Crippen LogP contribution in [0.3, 0.4) is 0 Å². The number of aryl methyl sites for hydroxylation is 1. The summed E-state index contributed by atoms with van der Waals surface area (Å²) in [5.41, 5.74) is 4.61. The summed E-state index contributed by atoms with van der Waals surface area (Å²) >= 11 is 0. The number of nitro groups is 1. The normalized spacial score (nSPS) is 10.1. The second-order valence-corrected chi connectivity index (χ2v) is 4.23. The molecule has 4 N–H and O–H groups in total. The number of nitrogens with one attached hydrogen (secondary N) is 2. The van der Waals surface area contributed by atoms with Crippen LogP contribution >= 0.6 is 0 Å². The van der Waals surface area contributed by atoms with Gasteiger partial charge in [0.05, 0.1) is 17.2 Å². The minimum absolute atomic E-state index is 0.0809. The fourth-order valence-electron chi connectivity index (χ4n) is 1.88. The van der Waals surface area contributed by atoms with Gasteiger partial charge in [-0.25, -0.2) is 0 Å². The van der Waals surface area contributed by atoms with Crippen molar-refractivity contribution in [3.63, 3.8) is 0 Å². The number of benzene rings is 1. The van der Waals surface area contributed by atoms with Crippen molar-refractivity contribution in [2.75, 3.05) is 10.7 Å². The van der Waals surface area contributed by atoms with Crippen molar-refractivity contribution in [3.8, 4) is 0 Å². The Morgan fingerprint density at radius 1 is 1.25 bits per heavy atom. The van der Waals surface area contributed by atoms with Crippen LogP contribution in [0.5, 0.6) is 0 Å². The van der Waals surface area contributed by atoms with E-state index in [1.807, 2.05) is 25.1 Å². The van der Waals surface area contributed by atoms with Crippen LogP contribution in [-0.4, -0.2) is 9.91 Å². The molecule has 1 heterocycles. The number of hydrogen-bond donors (Lipinski definition) is 3. The Balaban J connectivity index is 2.23. The molecule has 0 saturated heterocycles. The Hall–Kier alpha value is -2.67. The Labute approximate surface area is 116 Å². The van der Waals surface area contributed by atoms with E-state index in [-0.39, 0.29) is 11.4 Å². The number of rotatable bonds is 5. The summed E-state index contributed by atoms with van der Waals surface area (Å²) in [5.74, 6) is 5.29. The van der Waals surface area contributed by atoms with Crippen LogP contribution in [0.25, 0.3) is 0 Å². The van der Waals surface area contributed by atoms with Crippen molar-refractivity contribution >= 4 is 17.1 Å². The Kier molecular flexibility index (Phi) is 4.11. The quantitative estimate of drug-likeness (QED) is 0.438. The van der Waals surface area contributed by atoms with E-state index >= 15 is 0 Å².